The molecule has 2 amide bonds. The molecule has 1 aliphatic heterocycles. The zero-order chi connectivity index (χ0) is 24.6. The summed E-state index contributed by atoms with van der Waals surface area (Å²) >= 11 is 0. The van der Waals surface area contributed by atoms with Gasteiger partial charge < -0.3 is 5.11 Å². The topological polar surface area (TPSA) is 82.1 Å². The maximum atomic E-state index is 13.6. The van der Waals surface area contributed by atoms with Crippen molar-refractivity contribution in [2.24, 2.45) is 5.92 Å². The van der Waals surface area contributed by atoms with E-state index in [-0.39, 0.29) is 29.3 Å². The van der Waals surface area contributed by atoms with E-state index < -0.39 is 23.5 Å². The third-order valence-corrected chi connectivity index (χ3v) is 5.83. The summed E-state index contributed by atoms with van der Waals surface area (Å²) in [6, 6.07) is 9.15. The van der Waals surface area contributed by atoms with Gasteiger partial charge >= 0.3 is 5.91 Å². The van der Waals surface area contributed by atoms with E-state index in [1.807, 2.05) is 39.8 Å². The van der Waals surface area contributed by atoms with Crippen molar-refractivity contribution in [3.8, 4) is 11.6 Å². The first kappa shape index (κ1) is 23.4. The first-order valence-electron chi connectivity index (χ1n) is 11.4. The molecule has 7 nitrogen and oxygen atoms in total. The molecule has 0 saturated heterocycles. The first-order valence-corrected chi connectivity index (χ1v) is 11.4. The van der Waals surface area contributed by atoms with Crippen molar-refractivity contribution in [1.82, 2.24) is 14.7 Å². The van der Waals surface area contributed by atoms with E-state index in [1.165, 1.54) is 29.2 Å². The molecule has 3 heterocycles. The monoisotopic (exact) mass is 462 g/mol. The highest BCUT2D eigenvalue weighted by Crippen LogP contribution is 2.37. The van der Waals surface area contributed by atoms with Crippen LogP contribution >= 0.6 is 0 Å². The van der Waals surface area contributed by atoms with Crippen LogP contribution in [0.15, 0.2) is 48.8 Å². The van der Waals surface area contributed by atoms with Crippen LogP contribution in [0.25, 0.3) is 17.0 Å². The van der Waals surface area contributed by atoms with E-state index in [4.69, 9.17) is 0 Å². The first-order chi connectivity index (χ1) is 16.3. The van der Waals surface area contributed by atoms with E-state index in [1.54, 1.807) is 17.0 Å². The molecular weight excluding hydrogens is 435 g/mol. The standard InChI is InChI=1S/C26H27FN4O3/c1-5-17-11-13-29(14-12-17)23-22(24(32)30(26(23)34)15-16(3)4)21-20(6-2)28-31(25(21)33)19-9-7-18(27)8-10-19/h7-14,16H,5-6,15H2,1-4H3. The molecule has 34 heavy (non-hydrogen) atoms. The third-order valence-electron chi connectivity index (χ3n) is 5.83. The van der Waals surface area contributed by atoms with Crippen LogP contribution in [-0.2, 0) is 22.4 Å². The third kappa shape index (κ3) is 4.00. The zero-order valence-electron chi connectivity index (χ0n) is 19.7. The second-order valence-corrected chi connectivity index (χ2v) is 8.67. The Kier molecular flexibility index (Phi) is 6.32. The summed E-state index contributed by atoms with van der Waals surface area (Å²) < 4.78 is 16.2. The lowest BCUT2D eigenvalue weighted by Gasteiger charge is -2.17. The van der Waals surface area contributed by atoms with Crippen LogP contribution in [0.3, 0.4) is 0 Å². The predicted molar refractivity (Wildman–Crippen MR) is 123 cm³/mol. The van der Waals surface area contributed by atoms with Gasteiger partial charge in [-0.3, -0.25) is 14.5 Å². The average Bonchev–Trinajstić information content (AvgIpc) is 3.27. The lowest BCUT2D eigenvalue weighted by molar-refractivity contribution is -0.577. The van der Waals surface area contributed by atoms with Crippen molar-refractivity contribution >= 4 is 23.1 Å². The van der Waals surface area contributed by atoms with Crippen LogP contribution in [0.2, 0.25) is 0 Å². The van der Waals surface area contributed by atoms with Crippen LogP contribution in [0.1, 0.15) is 44.5 Å². The molecule has 0 spiro atoms. The smallest absolute Gasteiger partial charge is 0.326 e. The van der Waals surface area contributed by atoms with Crippen LogP contribution in [-0.4, -0.2) is 33.0 Å². The number of nitrogens with zero attached hydrogens (tertiary/aromatic N) is 4. The highest BCUT2D eigenvalue weighted by molar-refractivity contribution is 6.44. The molecule has 0 radical (unpaired) electrons. The minimum absolute atomic E-state index is 0.0510. The van der Waals surface area contributed by atoms with Crippen LogP contribution in [0.5, 0.6) is 5.88 Å². The Morgan fingerprint density at radius 1 is 1.00 bits per heavy atom. The number of aromatic nitrogens is 3. The normalized spacial score (nSPS) is 14.1. The van der Waals surface area contributed by atoms with Crippen LogP contribution in [0, 0.1) is 11.7 Å². The molecule has 4 rings (SSSR count). The molecule has 0 aliphatic carbocycles. The number of benzene rings is 1. The fraction of sp³-hybridized carbons (Fsp3) is 0.308. The van der Waals surface area contributed by atoms with Crippen molar-refractivity contribution in [3.63, 3.8) is 0 Å². The van der Waals surface area contributed by atoms with Crippen molar-refractivity contribution in [1.29, 1.82) is 0 Å². The second-order valence-electron chi connectivity index (χ2n) is 8.67. The van der Waals surface area contributed by atoms with E-state index in [9.17, 15) is 19.1 Å². The molecule has 2 aromatic heterocycles. The van der Waals surface area contributed by atoms with Gasteiger partial charge in [-0.1, -0.05) is 27.7 Å². The number of aryl methyl sites for hydroxylation is 2. The molecule has 0 N–H and O–H groups in total. The Morgan fingerprint density at radius 3 is 2.21 bits per heavy atom. The lowest BCUT2D eigenvalue weighted by Crippen LogP contribution is -2.40. The summed E-state index contributed by atoms with van der Waals surface area (Å²) in [5.41, 5.74) is 2.16. The van der Waals surface area contributed by atoms with Crippen LogP contribution in [0.4, 0.5) is 4.39 Å². The Labute approximate surface area is 197 Å². The van der Waals surface area contributed by atoms with E-state index in [0.717, 1.165) is 16.7 Å². The fourth-order valence-corrected chi connectivity index (χ4v) is 4.10. The number of hydrogen-bond donors (Lipinski definition) is 0. The van der Waals surface area contributed by atoms with E-state index in [2.05, 4.69) is 5.10 Å². The minimum atomic E-state index is -0.519. The van der Waals surface area contributed by atoms with Gasteiger partial charge in [-0.2, -0.15) is 9.67 Å². The van der Waals surface area contributed by atoms with Crippen LogP contribution < -0.4 is 9.67 Å². The molecule has 1 aliphatic rings. The Balaban J connectivity index is 1.95. The van der Waals surface area contributed by atoms with Gasteiger partial charge in [-0.15, -0.1) is 0 Å². The Morgan fingerprint density at radius 2 is 1.65 bits per heavy atom. The Hall–Kier alpha value is -3.81. The zero-order valence-corrected chi connectivity index (χ0v) is 19.7. The number of carbonyl (C=O) groups is 2. The summed E-state index contributed by atoms with van der Waals surface area (Å²) in [5, 5.41) is 18.0. The lowest BCUT2D eigenvalue weighted by atomic mass is 10.0. The van der Waals surface area contributed by atoms with Crippen molar-refractivity contribution in [2.45, 2.75) is 40.5 Å². The van der Waals surface area contributed by atoms with Gasteiger partial charge in [0, 0.05) is 24.2 Å². The Bertz CT molecular complexity index is 1270. The average molecular weight is 463 g/mol. The fourth-order valence-electron chi connectivity index (χ4n) is 4.10. The second kappa shape index (κ2) is 9.21. The maximum Gasteiger partial charge on any atom is 0.326 e. The number of amides is 2. The molecular formula is C26H27FN4O3. The summed E-state index contributed by atoms with van der Waals surface area (Å²) in [4.78, 5) is 28.2. The highest BCUT2D eigenvalue weighted by atomic mass is 19.1. The molecule has 176 valence electrons. The number of pyridine rings is 1. The van der Waals surface area contributed by atoms with Gasteiger partial charge in [0.25, 0.3) is 11.6 Å². The van der Waals surface area contributed by atoms with E-state index >= 15 is 0 Å². The largest absolute Gasteiger partial charge is 0.858 e. The van der Waals surface area contributed by atoms with Gasteiger partial charge in [-0.05, 0) is 54.5 Å². The van der Waals surface area contributed by atoms with Gasteiger partial charge in [-0.25, -0.2) is 9.07 Å². The van der Waals surface area contributed by atoms with Gasteiger partial charge in [0.2, 0.25) is 0 Å². The molecule has 3 aromatic rings. The molecule has 8 heteroatoms. The summed E-state index contributed by atoms with van der Waals surface area (Å²) in [6.07, 6.45) is 4.67. The predicted octanol–water partition coefficient (Wildman–Crippen LogP) is 2.89. The van der Waals surface area contributed by atoms with Crippen molar-refractivity contribution < 1.29 is 23.7 Å². The summed E-state index contributed by atoms with van der Waals surface area (Å²) in [6.45, 7) is 7.94. The molecule has 0 unspecified atom stereocenters. The van der Waals surface area contributed by atoms with Crippen molar-refractivity contribution in [2.75, 3.05) is 6.54 Å². The summed E-state index contributed by atoms with van der Waals surface area (Å²) in [5.74, 6) is -1.85. The summed E-state index contributed by atoms with van der Waals surface area (Å²) in [7, 11) is 0. The van der Waals surface area contributed by atoms with Gasteiger partial charge in [0.1, 0.15) is 11.4 Å². The maximum absolute atomic E-state index is 13.6. The molecule has 1 aromatic carbocycles. The number of carbonyl (C=O) groups excluding carboxylic acids is 2. The number of halogens is 1. The highest BCUT2D eigenvalue weighted by Gasteiger charge is 2.46. The number of hydrogen-bond acceptors (Lipinski definition) is 4. The van der Waals surface area contributed by atoms with Gasteiger partial charge in [0.15, 0.2) is 12.4 Å². The molecule has 0 fully saturated rings. The number of rotatable bonds is 7. The quantitative estimate of drug-likeness (QED) is 0.399. The van der Waals surface area contributed by atoms with Gasteiger partial charge in [0.05, 0.1) is 11.4 Å². The number of imide groups is 1. The molecule has 0 atom stereocenters. The minimum Gasteiger partial charge on any atom is -0.858 e. The SMILES string of the molecule is CCc1cc[n+](C2=C(c3c(CC)nn(-c4ccc(F)cc4)c3[O-])C(=O)N(CC(C)C)C2=O)cc1. The molecule has 0 bridgehead atoms. The van der Waals surface area contributed by atoms with Crippen molar-refractivity contribution in [3.05, 3.63) is 71.4 Å². The van der Waals surface area contributed by atoms with E-state index in [0.29, 0.717) is 17.8 Å². The molecule has 0 saturated carbocycles.